The van der Waals surface area contributed by atoms with E-state index in [-0.39, 0.29) is 18.9 Å². The highest BCUT2D eigenvalue weighted by Crippen LogP contribution is 2.33. The Hall–Kier alpha value is -1.86. The van der Waals surface area contributed by atoms with Crippen molar-refractivity contribution in [1.82, 2.24) is 4.90 Å². The second-order valence-corrected chi connectivity index (χ2v) is 6.93. The average Bonchev–Trinajstić information content (AvgIpc) is 2.80. The number of carbonyl (C=O) groups is 2. The predicted octanol–water partition coefficient (Wildman–Crippen LogP) is 3.54. The molecule has 0 unspecified atom stereocenters. The van der Waals surface area contributed by atoms with Crippen LogP contribution >= 0.6 is 24.0 Å². The molecule has 0 radical (unpaired) electrons. The molecule has 1 aromatic rings. The molecule has 0 bridgehead atoms. The number of hydrogen-bond donors (Lipinski definition) is 1. The predicted molar refractivity (Wildman–Crippen MR) is 99.0 cm³/mol. The number of thioether (sulfide) groups is 1. The maximum Gasteiger partial charge on any atom is 0.305 e. The zero-order valence-electron chi connectivity index (χ0n) is 13.4. The Kier molecular flexibility index (Phi) is 6.81. The Balaban J connectivity index is 2.08. The van der Waals surface area contributed by atoms with Crippen molar-refractivity contribution < 1.29 is 19.4 Å². The molecule has 24 heavy (non-hydrogen) atoms. The van der Waals surface area contributed by atoms with Crippen LogP contribution in [0, 0.1) is 0 Å². The molecule has 0 aromatic heterocycles. The molecule has 1 saturated heterocycles. The van der Waals surface area contributed by atoms with E-state index in [0.717, 1.165) is 24.2 Å². The van der Waals surface area contributed by atoms with Gasteiger partial charge in [0.25, 0.3) is 5.91 Å². The van der Waals surface area contributed by atoms with Crippen LogP contribution in [0.1, 0.15) is 31.7 Å². The molecule has 5 nitrogen and oxygen atoms in total. The summed E-state index contributed by atoms with van der Waals surface area (Å²) in [5.41, 5.74) is 0.850. The number of carbonyl (C=O) groups excluding carboxylic acids is 1. The molecule has 0 aliphatic carbocycles. The van der Waals surface area contributed by atoms with Crippen molar-refractivity contribution in [2.75, 3.05) is 13.2 Å². The maximum absolute atomic E-state index is 12.4. The van der Waals surface area contributed by atoms with Crippen molar-refractivity contribution in [3.8, 4) is 5.75 Å². The topological polar surface area (TPSA) is 66.8 Å². The van der Waals surface area contributed by atoms with E-state index in [1.165, 1.54) is 16.7 Å². The molecule has 7 heteroatoms. The highest BCUT2D eigenvalue weighted by atomic mass is 32.2. The van der Waals surface area contributed by atoms with Crippen LogP contribution in [0.2, 0.25) is 0 Å². The minimum absolute atomic E-state index is 0.0948. The average molecular weight is 365 g/mol. The third-order valence-electron chi connectivity index (χ3n) is 3.35. The van der Waals surface area contributed by atoms with E-state index in [1.54, 1.807) is 6.08 Å². The number of nitrogens with zero attached hydrogens (tertiary/aromatic N) is 1. The van der Waals surface area contributed by atoms with Crippen LogP contribution in [0.4, 0.5) is 0 Å². The number of benzene rings is 1. The molecule has 1 aliphatic rings. The van der Waals surface area contributed by atoms with Gasteiger partial charge in [-0.2, -0.15) is 0 Å². The van der Waals surface area contributed by atoms with Gasteiger partial charge in [0, 0.05) is 6.54 Å². The lowest BCUT2D eigenvalue weighted by Gasteiger charge is -2.12. The van der Waals surface area contributed by atoms with Gasteiger partial charge in [-0.1, -0.05) is 49.5 Å². The Morgan fingerprint density at radius 2 is 2.25 bits per heavy atom. The summed E-state index contributed by atoms with van der Waals surface area (Å²) in [6.07, 6.45) is 3.69. The maximum atomic E-state index is 12.4. The van der Waals surface area contributed by atoms with Gasteiger partial charge < -0.3 is 9.84 Å². The highest BCUT2D eigenvalue weighted by Gasteiger charge is 2.31. The Morgan fingerprint density at radius 1 is 1.46 bits per heavy atom. The van der Waals surface area contributed by atoms with Crippen molar-refractivity contribution in [2.45, 2.75) is 26.2 Å². The van der Waals surface area contributed by atoms with Gasteiger partial charge in [-0.05, 0) is 30.2 Å². The summed E-state index contributed by atoms with van der Waals surface area (Å²) >= 11 is 6.36. The van der Waals surface area contributed by atoms with Gasteiger partial charge in [-0.25, -0.2) is 0 Å². The Labute approximate surface area is 150 Å². The van der Waals surface area contributed by atoms with E-state index in [0.29, 0.717) is 15.8 Å². The van der Waals surface area contributed by atoms with E-state index in [1.807, 2.05) is 24.3 Å². The number of unbranched alkanes of at least 4 members (excludes halogenated alkanes) is 1. The first-order valence-electron chi connectivity index (χ1n) is 7.71. The summed E-state index contributed by atoms with van der Waals surface area (Å²) < 4.78 is 6.05. The van der Waals surface area contributed by atoms with Crippen molar-refractivity contribution in [2.24, 2.45) is 0 Å². The lowest BCUT2D eigenvalue weighted by atomic mass is 10.2. The number of carboxylic acids is 1. The van der Waals surface area contributed by atoms with Crippen molar-refractivity contribution in [3.63, 3.8) is 0 Å². The third kappa shape index (κ3) is 5.07. The Morgan fingerprint density at radius 3 is 2.96 bits per heavy atom. The van der Waals surface area contributed by atoms with Crippen molar-refractivity contribution in [1.29, 1.82) is 0 Å². The molecule has 1 amide bonds. The molecule has 1 fully saturated rings. The SMILES string of the molecule is CCCCOc1cccc(/C=C2/SC(=S)N(CCC(=O)O)C2=O)c1. The monoisotopic (exact) mass is 365 g/mol. The van der Waals surface area contributed by atoms with Gasteiger partial charge in [0.15, 0.2) is 0 Å². The minimum atomic E-state index is -0.954. The first-order valence-corrected chi connectivity index (χ1v) is 8.93. The molecule has 1 aliphatic heterocycles. The van der Waals surface area contributed by atoms with Gasteiger partial charge in [-0.3, -0.25) is 14.5 Å². The number of amides is 1. The Bertz CT molecular complexity index is 672. The van der Waals surface area contributed by atoms with Crippen LogP contribution in [0.15, 0.2) is 29.2 Å². The number of carboxylic acid groups (broad SMARTS) is 1. The van der Waals surface area contributed by atoms with Gasteiger partial charge in [0.05, 0.1) is 17.9 Å². The number of hydrogen-bond acceptors (Lipinski definition) is 5. The van der Waals surface area contributed by atoms with E-state index >= 15 is 0 Å². The molecule has 0 saturated carbocycles. The normalized spacial score (nSPS) is 16.0. The molecule has 0 atom stereocenters. The van der Waals surface area contributed by atoms with Crippen LogP contribution in [0.5, 0.6) is 5.75 Å². The van der Waals surface area contributed by atoms with E-state index in [2.05, 4.69) is 6.92 Å². The molecule has 1 heterocycles. The molecule has 128 valence electrons. The smallest absolute Gasteiger partial charge is 0.305 e. The van der Waals surface area contributed by atoms with Gasteiger partial charge in [-0.15, -0.1) is 0 Å². The summed E-state index contributed by atoms with van der Waals surface area (Å²) in [6.45, 7) is 2.86. The zero-order chi connectivity index (χ0) is 17.5. The van der Waals surface area contributed by atoms with Crippen molar-refractivity contribution in [3.05, 3.63) is 34.7 Å². The lowest BCUT2D eigenvalue weighted by Crippen LogP contribution is -2.30. The largest absolute Gasteiger partial charge is 0.494 e. The summed E-state index contributed by atoms with van der Waals surface area (Å²) in [4.78, 5) is 24.9. The highest BCUT2D eigenvalue weighted by molar-refractivity contribution is 8.26. The standard InChI is InChI=1S/C17H19NO4S2/c1-2-3-9-22-13-6-4-5-12(10-13)11-14-16(21)18(17(23)24-14)8-7-15(19)20/h4-6,10-11H,2-3,7-9H2,1H3,(H,19,20)/b14-11+. The lowest BCUT2D eigenvalue weighted by molar-refractivity contribution is -0.137. The molecule has 2 rings (SSSR count). The number of ether oxygens (including phenoxy) is 1. The zero-order valence-corrected chi connectivity index (χ0v) is 15.0. The molecular weight excluding hydrogens is 346 g/mol. The van der Waals surface area contributed by atoms with E-state index < -0.39 is 5.97 Å². The van der Waals surface area contributed by atoms with E-state index in [4.69, 9.17) is 22.1 Å². The van der Waals surface area contributed by atoms with Crippen LogP contribution in [-0.4, -0.2) is 39.4 Å². The first-order chi connectivity index (χ1) is 11.5. The number of aliphatic carboxylic acids is 1. The van der Waals surface area contributed by atoms with Crippen LogP contribution in [0.25, 0.3) is 6.08 Å². The molecular formula is C17H19NO4S2. The quantitative estimate of drug-likeness (QED) is 0.432. The molecule has 1 N–H and O–H groups in total. The van der Waals surface area contributed by atoms with Gasteiger partial charge in [0.1, 0.15) is 10.1 Å². The second kappa shape index (κ2) is 8.84. The summed E-state index contributed by atoms with van der Waals surface area (Å²) in [7, 11) is 0. The van der Waals surface area contributed by atoms with Gasteiger partial charge >= 0.3 is 5.97 Å². The van der Waals surface area contributed by atoms with Crippen LogP contribution in [0.3, 0.4) is 0 Å². The third-order valence-corrected chi connectivity index (χ3v) is 4.72. The van der Waals surface area contributed by atoms with Crippen LogP contribution < -0.4 is 4.74 Å². The number of thiocarbonyl (C=S) groups is 1. The molecule has 1 aromatic carbocycles. The minimum Gasteiger partial charge on any atom is -0.494 e. The number of rotatable bonds is 8. The molecule has 0 spiro atoms. The van der Waals surface area contributed by atoms with Gasteiger partial charge in [0.2, 0.25) is 0 Å². The second-order valence-electron chi connectivity index (χ2n) is 5.25. The van der Waals surface area contributed by atoms with Crippen molar-refractivity contribution >= 4 is 46.3 Å². The summed E-state index contributed by atoms with van der Waals surface area (Å²) in [5, 5.41) is 8.75. The summed E-state index contributed by atoms with van der Waals surface area (Å²) in [5.74, 6) is -0.438. The fraction of sp³-hybridized carbons (Fsp3) is 0.353. The fourth-order valence-corrected chi connectivity index (χ4v) is 3.39. The van der Waals surface area contributed by atoms with Crippen LogP contribution in [-0.2, 0) is 9.59 Å². The van der Waals surface area contributed by atoms with E-state index in [9.17, 15) is 9.59 Å². The first kappa shape index (κ1) is 18.5. The summed E-state index contributed by atoms with van der Waals surface area (Å²) in [6, 6.07) is 7.51. The fourth-order valence-electron chi connectivity index (χ4n) is 2.08.